The Morgan fingerprint density at radius 3 is 2.35 bits per heavy atom. The Bertz CT molecular complexity index is 1060. The predicted octanol–water partition coefficient (Wildman–Crippen LogP) is 6.99. The molecular formula is C23H24BrF3N2OS. The molecule has 2 heterocycles. The van der Waals surface area contributed by atoms with Crippen LogP contribution in [0.5, 0.6) is 5.75 Å². The second-order valence-electron chi connectivity index (χ2n) is 8.04. The monoisotopic (exact) mass is 512 g/mol. The van der Waals surface area contributed by atoms with E-state index in [-0.39, 0.29) is 6.10 Å². The molecule has 1 saturated heterocycles. The molecule has 0 unspecified atom stereocenters. The number of piperidine rings is 1. The molecule has 1 aliphatic heterocycles. The van der Waals surface area contributed by atoms with E-state index in [1.165, 1.54) is 12.5 Å². The number of anilines is 1. The molecule has 0 amide bonds. The maximum Gasteiger partial charge on any atom is 0.429 e. The van der Waals surface area contributed by atoms with E-state index in [0.717, 1.165) is 47.0 Å². The fraction of sp³-hybridized carbons (Fsp3) is 0.348. The number of fused-ring (bicyclic) bond motifs is 1. The number of aromatic nitrogens is 1. The predicted molar refractivity (Wildman–Crippen MR) is 126 cm³/mol. The van der Waals surface area contributed by atoms with Gasteiger partial charge in [0.1, 0.15) is 11.9 Å². The highest BCUT2D eigenvalue weighted by Gasteiger charge is 2.44. The van der Waals surface area contributed by atoms with E-state index >= 15 is 0 Å². The van der Waals surface area contributed by atoms with Gasteiger partial charge in [-0.3, -0.25) is 4.98 Å². The van der Waals surface area contributed by atoms with E-state index in [1.54, 1.807) is 24.3 Å². The molecule has 0 spiro atoms. The van der Waals surface area contributed by atoms with Gasteiger partial charge in [0, 0.05) is 47.7 Å². The number of halogens is 4. The summed E-state index contributed by atoms with van der Waals surface area (Å²) in [4.78, 5) is 7.11. The maximum atomic E-state index is 13.3. The molecule has 3 nitrogen and oxygen atoms in total. The third-order valence-electron chi connectivity index (χ3n) is 5.76. The highest BCUT2D eigenvalue weighted by atomic mass is 79.9. The van der Waals surface area contributed by atoms with Gasteiger partial charge < -0.3 is 9.64 Å². The molecule has 2 aromatic carbocycles. The van der Waals surface area contributed by atoms with Crippen LogP contribution in [0.1, 0.15) is 12.8 Å². The topological polar surface area (TPSA) is 25.4 Å². The van der Waals surface area contributed by atoms with E-state index in [1.807, 2.05) is 24.4 Å². The highest BCUT2D eigenvalue weighted by molar-refractivity contribution is 9.10. The van der Waals surface area contributed by atoms with Gasteiger partial charge in [0.2, 0.25) is 0 Å². The van der Waals surface area contributed by atoms with E-state index in [9.17, 15) is 13.2 Å². The lowest BCUT2D eigenvalue weighted by molar-refractivity contribution is -0.0375. The summed E-state index contributed by atoms with van der Waals surface area (Å²) in [5, 5.41) is 1.11. The van der Waals surface area contributed by atoms with Gasteiger partial charge in [0.05, 0.1) is 5.52 Å². The molecular weight excluding hydrogens is 489 g/mol. The van der Waals surface area contributed by atoms with Crippen molar-refractivity contribution in [3.05, 3.63) is 59.2 Å². The quantitative estimate of drug-likeness (QED) is 0.376. The van der Waals surface area contributed by atoms with E-state index < -0.39 is 15.5 Å². The molecule has 3 aromatic rings. The number of hydrogen-bond donors (Lipinski definition) is 0. The molecule has 1 aliphatic rings. The summed E-state index contributed by atoms with van der Waals surface area (Å²) in [7, 11) is -2.86. The Balaban J connectivity index is 1.41. The molecule has 1 aromatic heterocycles. The minimum absolute atomic E-state index is 0.0462. The maximum absolute atomic E-state index is 13.3. The van der Waals surface area contributed by atoms with Crippen LogP contribution in [0, 0.1) is 0 Å². The molecule has 4 rings (SSSR count). The molecule has 0 bridgehead atoms. The van der Waals surface area contributed by atoms with Crippen LogP contribution in [-0.2, 0) is 0 Å². The second-order valence-corrected chi connectivity index (χ2v) is 12.5. The Kier molecular flexibility index (Phi) is 6.14. The number of ether oxygens (including phenoxy) is 1. The Morgan fingerprint density at radius 1 is 1.03 bits per heavy atom. The normalized spacial score (nSPS) is 16.5. The van der Waals surface area contributed by atoms with Gasteiger partial charge in [-0.05, 0) is 65.9 Å². The van der Waals surface area contributed by atoms with Crippen LogP contribution in [0.3, 0.4) is 0 Å². The van der Waals surface area contributed by atoms with Crippen molar-refractivity contribution in [3.8, 4) is 5.75 Å². The first kappa shape index (κ1) is 22.3. The first-order chi connectivity index (χ1) is 14.6. The van der Waals surface area contributed by atoms with Crippen LogP contribution in [-0.4, -0.2) is 42.2 Å². The van der Waals surface area contributed by atoms with Crippen LogP contribution >= 0.6 is 26.0 Å². The van der Waals surface area contributed by atoms with Gasteiger partial charge >= 0.3 is 5.51 Å². The summed E-state index contributed by atoms with van der Waals surface area (Å²) in [6.45, 7) is 1.69. The fourth-order valence-corrected chi connectivity index (χ4v) is 5.22. The van der Waals surface area contributed by atoms with Crippen LogP contribution < -0.4 is 9.64 Å². The van der Waals surface area contributed by atoms with Gasteiger partial charge in [0.15, 0.2) is 0 Å². The average molecular weight is 513 g/mol. The number of hydrogen-bond acceptors (Lipinski definition) is 3. The number of rotatable bonds is 4. The molecule has 0 radical (unpaired) electrons. The molecule has 166 valence electrons. The molecule has 0 aliphatic carbocycles. The number of nitrogens with zero attached hydrogens (tertiary/aromatic N) is 2. The molecule has 31 heavy (non-hydrogen) atoms. The van der Waals surface area contributed by atoms with Crippen LogP contribution in [0.4, 0.5) is 18.9 Å². The fourth-order valence-electron chi connectivity index (χ4n) is 3.78. The lowest BCUT2D eigenvalue weighted by Crippen LogP contribution is -2.38. The number of pyridine rings is 1. The van der Waals surface area contributed by atoms with Crippen molar-refractivity contribution >= 4 is 42.5 Å². The SMILES string of the molecule is CS(C)(c1ccc(OC2CCN(c3ccnc4ccc(Br)cc34)CC2)cc1)C(F)(F)F. The van der Waals surface area contributed by atoms with E-state index in [2.05, 4.69) is 31.9 Å². The zero-order chi connectivity index (χ0) is 22.2. The zero-order valence-electron chi connectivity index (χ0n) is 17.3. The highest BCUT2D eigenvalue weighted by Crippen LogP contribution is 2.62. The summed E-state index contributed by atoms with van der Waals surface area (Å²) < 4.78 is 47.0. The number of benzene rings is 2. The lowest BCUT2D eigenvalue weighted by Gasteiger charge is -2.35. The molecule has 1 fully saturated rings. The summed E-state index contributed by atoms with van der Waals surface area (Å²) in [5.41, 5.74) is -2.09. The van der Waals surface area contributed by atoms with Crippen LogP contribution in [0.25, 0.3) is 10.9 Å². The van der Waals surface area contributed by atoms with E-state index in [4.69, 9.17) is 4.74 Å². The van der Waals surface area contributed by atoms with Gasteiger partial charge in [-0.15, -0.1) is 10.0 Å². The number of alkyl halides is 3. The molecule has 0 N–H and O–H groups in total. The van der Waals surface area contributed by atoms with Crippen molar-refractivity contribution in [2.75, 3.05) is 30.5 Å². The molecule has 8 heteroatoms. The van der Waals surface area contributed by atoms with Crippen molar-refractivity contribution in [2.45, 2.75) is 29.3 Å². The molecule has 0 saturated carbocycles. The average Bonchev–Trinajstić information content (AvgIpc) is 2.73. The zero-order valence-corrected chi connectivity index (χ0v) is 19.7. The third kappa shape index (κ3) is 4.65. The Labute approximate surface area is 190 Å². The standard InChI is InChI=1S/C23H24BrF3N2OS/c1-31(2,23(25,26)27)19-6-4-17(5-7-19)30-18-10-13-29(14-11-18)22-9-12-28-21-8-3-16(24)15-20(21)22/h3-9,12,15,18H,10-11,13-14H2,1-2H3. The Hall–Kier alpha value is -1.93. The largest absolute Gasteiger partial charge is 0.490 e. The minimum Gasteiger partial charge on any atom is -0.490 e. The van der Waals surface area contributed by atoms with Gasteiger partial charge in [-0.1, -0.05) is 15.9 Å². The van der Waals surface area contributed by atoms with Gasteiger partial charge in [0.25, 0.3) is 0 Å². The second kappa shape index (κ2) is 8.54. The van der Waals surface area contributed by atoms with Crippen molar-refractivity contribution < 1.29 is 17.9 Å². The Morgan fingerprint density at radius 2 is 1.71 bits per heavy atom. The van der Waals surface area contributed by atoms with Gasteiger partial charge in [-0.2, -0.15) is 13.2 Å². The summed E-state index contributed by atoms with van der Waals surface area (Å²) in [6, 6.07) is 14.5. The molecule has 0 atom stereocenters. The lowest BCUT2D eigenvalue weighted by atomic mass is 10.1. The third-order valence-corrected chi connectivity index (χ3v) is 8.86. The summed E-state index contributed by atoms with van der Waals surface area (Å²) in [6.07, 6.45) is 6.13. The summed E-state index contributed by atoms with van der Waals surface area (Å²) in [5.74, 6) is 0.623. The van der Waals surface area contributed by atoms with Crippen molar-refractivity contribution in [1.82, 2.24) is 4.98 Å². The minimum atomic E-state index is -4.21. The first-order valence-corrected chi connectivity index (χ1v) is 13.2. The smallest absolute Gasteiger partial charge is 0.429 e. The van der Waals surface area contributed by atoms with Crippen LogP contribution in [0.2, 0.25) is 0 Å². The summed E-state index contributed by atoms with van der Waals surface area (Å²) >= 11 is 3.54. The van der Waals surface area contributed by atoms with Crippen LogP contribution in [0.15, 0.2) is 64.1 Å². The van der Waals surface area contributed by atoms with Crippen molar-refractivity contribution in [1.29, 1.82) is 0 Å². The van der Waals surface area contributed by atoms with E-state index in [0.29, 0.717) is 10.6 Å². The first-order valence-electron chi connectivity index (χ1n) is 10.0. The van der Waals surface area contributed by atoms with Crippen molar-refractivity contribution in [2.24, 2.45) is 0 Å². The van der Waals surface area contributed by atoms with Crippen molar-refractivity contribution in [3.63, 3.8) is 0 Å². The van der Waals surface area contributed by atoms with Gasteiger partial charge in [-0.25, -0.2) is 0 Å².